The van der Waals surface area contributed by atoms with Crippen LogP contribution in [0.25, 0.3) is 0 Å². The quantitative estimate of drug-likeness (QED) is 0.856. The number of thioether (sulfide) groups is 1. The van der Waals surface area contributed by atoms with E-state index in [-0.39, 0.29) is 5.91 Å². The lowest BCUT2D eigenvalue weighted by Crippen LogP contribution is -2.29. The number of aliphatic imine (C=N–C) groups is 1. The predicted octanol–water partition coefficient (Wildman–Crippen LogP) is 1.43. The minimum absolute atomic E-state index is 0.0354. The molecule has 0 bridgehead atoms. The Labute approximate surface area is 118 Å². The van der Waals surface area contributed by atoms with Gasteiger partial charge in [0.05, 0.1) is 6.54 Å². The summed E-state index contributed by atoms with van der Waals surface area (Å²) in [4.78, 5) is 15.5. The van der Waals surface area contributed by atoms with Gasteiger partial charge in [0.25, 0.3) is 0 Å². The molecule has 0 spiro atoms. The highest BCUT2D eigenvalue weighted by atomic mass is 32.2. The average Bonchev–Trinajstić information content (AvgIpc) is 2.87. The van der Waals surface area contributed by atoms with E-state index in [1.54, 1.807) is 18.8 Å². The van der Waals surface area contributed by atoms with E-state index >= 15 is 0 Å². The van der Waals surface area contributed by atoms with Gasteiger partial charge in [-0.2, -0.15) is 0 Å². The molecule has 102 valence electrons. The summed E-state index contributed by atoms with van der Waals surface area (Å²) in [6, 6.07) is 10.9. The van der Waals surface area contributed by atoms with Crippen molar-refractivity contribution >= 4 is 22.8 Å². The van der Waals surface area contributed by atoms with E-state index < -0.39 is 0 Å². The Hall–Kier alpha value is -1.49. The molecule has 1 aliphatic rings. The lowest BCUT2D eigenvalue weighted by atomic mass is 10.1. The molecule has 2 rings (SSSR count). The number of amidine groups is 1. The Morgan fingerprint density at radius 2 is 2.26 bits per heavy atom. The first-order valence-corrected chi connectivity index (χ1v) is 7.45. The van der Waals surface area contributed by atoms with Crippen LogP contribution in [0, 0.1) is 0 Å². The van der Waals surface area contributed by atoms with Crippen LogP contribution in [0.2, 0.25) is 0 Å². The maximum absolute atomic E-state index is 11.1. The number of carbonyl (C=O) groups excluding carboxylic acids is 1. The molecule has 1 unspecified atom stereocenters. The van der Waals surface area contributed by atoms with Crippen molar-refractivity contribution in [2.75, 3.05) is 19.3 Å². The van der Waals surface area contributed by atoms with Crippen LogP contribution in [-0.4, -0.2) is 36.5 Å². The van der Waals surface area contributed by atoms with Crippen molar-refractivity contribution in [2.45, 2.75) is 18.9 Å². The molecular formula is C14H19N3OS. The number of amides is 1. The summed E-state index contributed by atoms with van der Waals surface area (Å²) in [7, 11) is 1.65. The topological polar surface area (TPSA) is 53.5 Å². The minimum Gasteiger partial charge on any atom is -0.361 e. The first-order valence-electron chi connectivity index (χ1n) is 6.46. The molecule has 1 aromatic rings. The van der Waals surface area contributed by atoms with Gasteiger partial charge in [0.2, 0.25) is 5.91 Å². The van der Waals surface area contributed by atoms with Crippen LogP contribution in [0.15, 0.2) is 35.3 Å². The fraction of sp³-hybridized carbons (Fsp3) is 0.429. The molecule has 0 saturated carbocycles. The molecular weight excluding hydrogens is 258 g/mol. The number of carbonyl (C=O) groups is 1. The van der Waals surface area contributed by atoms with Crippen LogP contribution in [0.5, 0.6) is 0 Å². The molecule has 0 aromatic heterocycles. The number of nitrogens with zero attached hydrogens (tertiary/aromatic N) is 1. The first kappa shape index (κ1) is 13.9. The Morgan fingerprint density at radius 1 is 1.47 bits per heavy atom. The van der Waals surface area contributed by atoms with E-state index in [1.165, 1.54) is 5.56 Å². The maximum atomic E-state index is 11.1. The normalized spacial score (nSPS) is 20.3. The van der Waals surface area contributed by atoms with E-state index in [9.17, 15) is 4.79 Å². The molecule has 19 heavy (non-hydrogen) atoms. The SMILES string of the molecule is CNC(=O)CCN=C1NC(Cc2ccccc2)CS1. The van der Waals surface area contributed by atoms with Gasteiger partial charge in [-0.05, 0) is 12.0 Å². The van der Waals surface area contributed by atoms with Gasteiger partial charge in [0.1, 0.15) is 0 Å². The first-order chi connectivity index (χ1) is 9.28. The highest BCUT2D eigenvalue weighted by Gasteiger charge is 2.20. The van der Waals surface area contributed by atoms with Crippen LogP contribution in [0.1, 0.15) is 12.0 Å². The third-order valence-corrected chi connectivity index (χ3v) is 4.04. The zero-order valence-electron chi connectivity index (χ0n) is 11.1. The van der Waals surface area contributed by atoms with Crippen LogP contribution >= 0.6 is 11.8 Å². The Balaban J connectivity index is 1.77. The van der Waals surface area contributed by atoms with Crippen LogP contribution in [-0.2, 0) is 11.2 Å². The van der Waals surface area contributed by atoms with E-state index in [0.717, 1.165) is 17.3 Å². The Kier molecular flexibility index (Phi) is 5.27. The number of hydrogen-bond acceptors (Lipinski definition) is 3. The summed E-state index contributed by atoms with van der Waals surface area (Å²) in [6.07, 6.45) is 1.47. The number of hydrogen-bond donors (Lipinski definition) is 2. The zero-order valence-corrected chi connectivity index (χ0v) is 11.9. The minimum atomic E-state index is 0.0354. The van der Waals surface area contributed by atoms with Crippen molar-refractivity contribution in [1.82, 2.24) is 10.6 Å². The van der Waals surface area contributed by atoms with Gasteiger partial charge in [-0.3, -0.25) is 9.79 Å². The molecule has 1 heterocycles. The molecule has 0 aliphatic carbocycles. The third kappa shape index (κ3) is 4.59. The lowest BCUT2D eigenvalue weighted by Gasteiger charge is -2.09. The van der Waals surface area contributed by atoms with E-state index in [1.807, 2.05) is 6.07 Å². The molecule has 5 heteroatoms. The van der Waals surface area contributed by atoms with Crippen LogP contribution < -0.4 is 10.6 Å². The summed E-state index contributed by atoms with van der Waals surface area (Å²) in [5.74, 6) is 1.07. The number of rotatable bonds is 5. The third-order valence-electron chi connectivity index (χ3n) is 2.95. The summed E-state index contributed by atoms with van der Waals surface area (Å²) in [5, 5.41) is 6.97. The largest absolute Gasteiger partial charge is 0.361 e. The van der Waals surface area contributed by atoms with Crippen LogP contribution in [0.3, 0.4) is 0 Å². The van der Waals surface area contributed by atoms with Gasteiger partial charge < -0.3 is 10.6 Å². The second-order valence-electron chi connectivity index (χ2n) is 4.45. The van der Waals surface area contributed by atoms with Crippen molar-refractivity contribution in [1.29, 1.82) is 0 Å². The molecule has 2 N–H and O–H groups in total. The molecule has 1 aromatic carbocycles. The summed E-state index contributed by atoms with van der Waals surface area (Å²) in [5.41, 5.74) is 1.34. The van der Waals surface area contributed by atoms with Gasteiger partial charge in [-0.1, -0.05) is 42.1 Å². The Bertz CT molecular complexity index is 447. The molecule has 1 saturated heterocycles. The van der Waals surface area contributed by atoms with E-state index in [2.05, 4.69) is 39.9 Å². The smallest absolute Gasteiger partial charge is 0.221 e. The van der Waals surface area contributed by atoms with Gasteiger partial charge >= 0.3 is 0 Å². The fourth-order valence-corrected chi connectivity index (χ4v) is 2.91. The molecule has 1 atom stereocenters. The second-order valence-corrected chi connectivity index (χ2v) is 5.46. The summed E-state index contributed by atoms with van der Waals surface area (Å²) in [6.45, 7) is 0.549. The van der Waals surface area contributed by atoms with Gasteiger partial charge in [-0.25, -0.2) is 0 Å². The van der Waals surface area contributed by atoms with Crippen LogP contribution in [0.4, 0.5) is 0 Å². The monoisotopic (exact) mass is 277 g/mol. The highest BCUT2D eigenvalue weighted by Crippen LogP contribution is 2.17. The highest BCUT2D eigenvalue weighted by molar-refractivity contribution is 8.14. The predicted molar refractivity (Wildman–Crippen MR) is 80.5 cm³/mol. The van der Waals surface area contributed by atoms with Gasteiger partial charge in [0.15, 0.2) is 5.17 Å². The Morgan fingerprint density at radius 3 is 3.00 bits per heavy atom. The average molecular weight is 277 g/mol. The van der Waals surface area contributed by atoms with Gasteiger partial charge in [0, 0.05) is 25.3 Å². The van der Waals surface area contributed by atoms with Crippen molar-refractivity contribution in [3.63, 3.8) is 0 Å². The summed E-state index contributed by atoms with van der Waals surface area (Å²) < 4.78 is 0. The van der Waals surface area contributed by atoms with Gasteiger partial charge in [-0.15, -0.1) is 0 Å². The molecule has 0 radical (unpaired) electrons. The lowest BCUT2D eigenvalue weighted by molar-refractivity contribution is -0.120. The van der Waals surface area contributed by atoms with Crippen molar-refractivity contribution in [2.24, 2.45) is 4.99 Å². The molecule has 1 aliphatic heterocycles. The maximum Gasteiger partial charge on any atom is 0.221 e. The molecule has 1 fully saturated rings. The van der Waals surface area contributed by atoms with Crippen molar-refractivity contribution < 1.29 is 4.79 Å². The van der Waals surface area contributed by atoms with E-state index in [0.29, 0.717) is 19.0 Å². The van der Waals surface area contributed by atoms with Crippen molar-refractivity contribution in [3.8, 4) is 0 Å². The summed E-state index contributed by atoms with van der Waals surface area (Å²) >= 11 is 1.74. The molecule has 1 amide bonds. The standard InChI is InChI=1S/C14H19N3OS/c1-15-13(18)7-8-16-14-17-12(10-19-14)9-11-5-3-2-4-6-11/h2-6,12H,7-10H2,1H3,(H,15,18)(H,16,17). The molecule has 4 nitrogen and oxygen atoms in total. The fourth-order valence-electron chi connectivity index (χ4n) is 1.92. The van der Waals surface area contributed by atoms with E-state index in [4.69, 9.17) is 0 Å². The zero-order chi connectivity index (χ0) is 13.5. The van der Waals surface area contributed by atoms with Crippen molar-refractivity contribution in [3.05, 3.63) is 35.9 Å². The number of nitrogens with one attached hydrogen (secondary N) is 2. The number of benzene rings is 1. The second kappa shape index (κ2) is 7.19.